The first-order valence-electron chi connectivity index (χ1n) is 16.9. The number of carbonyl (C=O) groups excluding carboxylic acids is 1. The van der Waals surface area contributed by atoms with Crippen LogP contribution in [0.1, 0.15) is 56.1 Å². The molecule has 7 nitrogen and oxygen atoms in total. The van der Waals surface area contributed by atoms with Crippen LogP contribution in [0.2, 0.25) is 0 Å². The largest absolute Gasteiger partial charge is 0.453 e. The van der Waals surface area contributed by atoms with E-state index in [1.165, 1.54) is 13.5 Å². The zero-order chi connectivity index (χ0) is 31.6. The van der Waals surface area contributed by atoms with Crippen molar-refractivity contribution in [2.45, 2.75) is 68.9 Å². The average molecular weight is 625 g/mol. The number of hydrogen-bond donors (Lipinski definition) is 1. The number of rotatable bonds is 11. The van der Waals surface area contributed by atoms with E-state index >= 15 is 0 Å². The van der Waals surface area contributed by atoms with Crippen molar-refractivity contribution in [1.82, 2.24) is 15.1 Å². The van der Waals surface area contributed by atoms with E-state index in [-0.39, 0.29) is 40.7 Å². The van der Waals surface area contributed by atoms with Gasteiger partial charge in [0.2, 0.25) is 0 Å². The lowest BCUT2D eigenvalue weighted by Crippen LogP contribution is -2.68. The molecule has 2 aromatic rings. The molecule has 0 bridgehead atoms. The van der Waals surface area contributed by atoms with Crippen LogP contribution in [-0.4, -0.2) is 94.1 Å². The Kier molecular flexibility index (Phi) is 9.69. The number of alkyl carbamates (subject to hydrolysis) is 1. The second-order valence-corrected chi connectivity index (χ2v) is 14.0. The first-order chi connectivity index (χ1) is 21.7. The van der Waals surface area contributed by atoms with Crippen molar-refractivity contribution in [3.63, 3.8) is 0 Å². The van der Waals surface area contributed by atoms with Crippen molar-refractivity contribution in [1.29, 1.82) is 0 Å². The van der Waals surface area contributed by atoms with Gasteiger partial charge in [0, 0.05) is 25.1 Å². The van der Waals surface area contributed by atoms with Crippen molar-refractivity contribution in [2.24, 2.45) is 11.8 Å². The first-order valence-corrected chi connectivity index (χ1v) is 16.9. The number of aryl methyl sites for hydroxylation is 1. The molecule has 1 aliphatic carbocycles. The lowest BCUT2D eigenvalue weighted by atomic mass is 9.56. The van der Waals surface area contributed by atoms with Gasteiger partial charge in [-0.15, -0.1) is 0 Å². The van der Waals surface area contributed by atoms with E-state index < -0.39 is 0 Å². The molecule has 3 atom stereocenters. The first kappa shape index (κ1) is 32.2. The van der Waals surface area contributed by atoms with Gasteiger partial charge in [-0.25, -0.2) is 13.6 Å². The van der Waals surface area contributed by atoms with Gasteiger partial charge < -0.3 is 29.5 Å². The Balaban J connectivity index is 1.21. The number of likely N-dealkylation sites (tertiary alicyclic amines) is 2. The summed E-state index contributed by atoms with van der Waals surface area (Å²) in [5.74, 6) is 0.167. The molecule has 1 amide bonds. The quantitative estimate of drug-likeness (QED) is 0.344. The van der Waals surface area contributed by atoms with Crippen LogP contribution in [0.3, 0.4) is 0 Å². The van der Waals surface area contributed by atoms with Gasteiger partial charge in [-0.05, 0) is 125 Å². The van der Waals surface area contributed by atoms with Gasteiger partial charge >= 0.3 is 6.09 Å². The molecular weight excluding hydrogens is 574 g/mol. The Labute approximate surface area is 267 Å². The summed E-state index contributed by atoms with van der Waals surface area (Å²) in [6.07, 6.45) is 6.73. The highest BCUT2D eigenvalue weighted by molar-refractivity contribution is 5.67. The zero-order valence-electron chi connectivity index (χ0n) is 27.2. The molecule has 9 heteroatoms. The smallest absolute Gasteiger partial charge is 0.407 e. The third-order valence-corrected chi connectivity index (χ3v) is 11.5. The summed E-state index contributed by atoms with van der Waals surface area (Å²) < 4.78 is 40.8. The Morgan fingerprint density at radius 2 is 1.76 bits per heavy atom. The Hall–Kier alpha value is -2.75. The molecule has 3 heterocycles. The molecule has 1 saturated carbocycles. The number of benzene rings is 2. The Morgan fingerprint density at radius 3 is 2.40 bits per heavy atom. The normalized spacial score (nSPS) is 25.3. The predicted octanol–water partition coefficient (Wildman–Crippen LogP) is 5.75. The molecule has 45 heavy (non-hydrogen) atoms. The second-order valence-electron chi connectivity index (χ2n) is 14.0. The minimum Gasteiger partial charge on any atom is -0.453 e. The number of nitrogens with zero attached hydrogens (tertiary/aromatic N) is 3. The van der Waals surface area contributed by atoms with E-state index in [1.54, 1.807) is 25.3 Å². The number of ether oxygens (including phenoxy) is 2. The molecule has 0 radical (unpaired) electrons. The van der Waals surface area contributed by atoms with E-state index in [9.17, 15) is 13.6 Å². The van der Waals surface area contributed by atoms with Crippen LogP contribution in [0.15, 0.2) is 42.5 Å². The van der Waals surface area contributed by atoms with E-state index in [0.29, 0.717) is 24.7 Å². The van der Waals surface area contributed by atoms with Crippen LogP contribution in [-0.2, 0) is 14.9 Å². The maximum absolute atomic E-state index is 15.0. The van der Waals surface area contributed by atoms with Crippen molar-refractivity contribution in [3.8, 4) is 0 Å². The third kappa shape index (κ3) is 6.58. The number of anilines is 1. The standard InChI is InChI=1S/C36H50F2N4O3/c1-26-11-12-33(31(38)21-26)42-24-35(25-42,45-3)23-41-18-13-27(14-19-41)36(15-20-40-16-6-17-40,28-7-4-8-29(37)22-28)30-9-5-10-32(30)39-34(43)44-2/h4,7-8,11-12,21-22,27,30,32H,5-6,9-10,13-20,23-25H2,1-3H3,(H,39,43)/t30-,32-,36-/m0/s1. The molecule has 3 aliphatic heterocycles. The molecule has 6 rings (SSSR count). The number of halogens is 2. The van der Waals surface area contributed by atoms with Crippen LogP contribution in [0, 0.1) is 30.4 Å². The number of piperidine rings is 1. The molecule has 3 saturated heterocycles. The molecule has 0 aromatic heterocycles. The number of carbonyl (C=O) groups is 1. The third-order valence-electron chi connectivity index (χ3n) is 11.5. The summed E-state index contributed by atoms with van der Waals surface area (Å²) in [4.78, 5) is 19.6. The Bertz CT molecular complexity index is 1330. The lowest BCUT2D eigenvalue weighted by Gasteiger charge is -2.54. The van der Waals surface area contributed by atoms with Gasteiger partial charge in [-0.2, -0.15) is 0 Å². The SMILES string of the molecule is COC(=O)N[C@H]1CCC[C@@H]1[C@](CCN1CCC1)(c1cccc(F)c1)C1CCN(CC2(OC)CN(c3ccc(C)cc3F)C2)CC1. The molecule has 0 spiro atoms. The number of amides is 1. The fraction of sp³-hybridized carbons (Fsp3) is 0.639. The minimum atomic E-state index is -0.387. The summed E-state index contributed by atoms with van der Waals surface area (Å²) in [6, 6.07) is 12.7. The van der Waals surface area contributed by atoms with Crippen molar-refractivity contribution < 1.29 is 23.0 Å². The number of hydrogen-bond acceptors (Lipinski definition) is 6. The van der Waals surface area contributed by atoms with Crippen molar-refractivity contribution in [2.75, 3.05) is 71.5 Å². The molecule has 4 aliphatic rings. The minimum absolute atomic E-state index is 0.00460. The molecule has 0 unspecified atom stereocenters. The summed E-state index contributed by atoms with van der Waals surface area (Å²) in [7, 11) is 3.19. The summed E-state index contributed by atoms with van der Waals surface area (Å²) >= 11 is 0. The molecular formula is C36H50F2N4O3. The topological polar surface area (TPSA) is 57.3 Å². The fourth-order valence-electron chi connectivity index (χ4n) is 8.97. The van der Waals surface area contributed by atoms with Crippen LogP contribution in [0.25, 0.3) is 0 Å². The molecule has 2 aromatic carbocycles. The maximum Gasteiger partial charge on any atom is 0.407 e. The van der Waals surface area contributed by atoms with Crippen LogP contribution in [0.4, 0.5) is 19.3 Å². The highest BCUT2D eigenvalue weighted by atomic mass is 19.1. The van der Waals surface area contributed by atoms with Gasteiger partial charge in [0.15, 0.2) is 0 Å². The van der Waals surface area contributed by atoms with Gasteiger partial charge in [-0.1, -0.05) is 24.6 Å². The fourth-order valence-corrected chi connectivity index (χ4v) is 8.97. The molecule has 246 valence electrons. The average Bonchev–Trinajstić information content (AvgIpc) is 3.45. The summed E-state index contributed by atoms with van der Waals surface area (Å²) in [5.41, 5.74) is 2.04. The van der Waals surface area contributed by atoms with Gasteiger partial charge in [0.1, 0.15) is 17.2 Å². The zero-order valence-corrected chi connectivity index (χ0v) is 27.2. The van der Waals surface area contributed by atoms with Crippen LogP contribution >= 0.6 is 0 Å². The van der Waals surface area contributed by atoms with E-state index in [0.717, 1.165) is 88.9 Å². The monoisotopic (exact) mass is 624 g/mol. The van der Waals surface area contributed by atoms with Crippen molar-refractivity contribution in [3.05, 3.63) is 65.2 Å². The predicted molar refractivity (Wildman–Crippen MR) is 173 cm³/mol. The second kappa shape index (κ2) is 13.5. The van der Waals surface area contributed by atoms with E-state index in [1.807, 2.05) is 25.1 Å². The molecule has 1 N–H and O–H groups in total. The van der Waals surface area contributed by atoms with Gasteiger partial charge in [-0.3, -0.25) is 0 Å². The van der Waals surface area contributed by atoms with E-state index in [4.69, 9.17) is 9.47 Å². The van der Waals surface area contributed by atoms with Gasteiger partial charge in [0.25, 0.3) is 0 Å². The van der Waals surface area contributed by atoms with Gasteiger partial charge in [0.05, 0.1) is 25.9 Å². The van der Waals surface area contributed by atoms with Crippen molar-refractivity contribution >= 4 is 11.8 Å². The molecule has 4 fully saturated rings. The highest BCUT2D eigenvalue weighted by Gasteiger charge is 2.53. The number of nitrogens with one attached hydrogen (secondary N) is 1. The van der Waals surface area contributed by atoms with E-state index in [2.05, 4.69) is 26.1 Å². The Morgan fingerprint density at radius 1 is 0.978 bits per heavy atom. The van der Waals surface area contributed by atoms with Crippen LogP contribution in [0.5, 0.6) is 0 Å². The number of methoxy groups -OCH3 is 2. The maximum atomic E-state index is 15.0. The highest BCUT2D eigenvalue weighted by Crippen LogP contribution is 2.53. The summed E-state index contributed by atoms with van der Waals surface area (Å²) in [5, 5.41) is 3.18. The summed E-state index contributed by atoms with van der Waals surface area (Å²) in [6.45, 7) is 9.11. The lowest BCUT2D eigenvalue weighted by molar-refractivity contribution is -0.0650. The van der Waals surface area contributed by atoms with Crippen LogP contribution < -0.4 is 10.2 Å².